The number of nitrogens with zero attached hydrogens (tertiary/aromatic N) is 2. The summed E-state index contributed by atoms with van der Waals surface area (Å²) in [6.07, 6.45) is 3.53. The van der Waals surface area contributed by atoms with Crippen LogP contribution >= 0.6 is 0 Å². The maximum absolute atomic E-state index is 12.6. The van der Waals surface area contributed by atoms with Crippen molar-refractivity contribution in [3.8, 4) is 5.75 Å². The van der Waals surface area contributed by atoms with E-state index >= 15 is 0 Å². The fraction of sp³-hybridized carbons (Fsp3) is 0.308. The Balaban J connectivity index is 0.00000220. The third kappa shape index (κ3) is 5.14. The maximum Gasteiger partial charge on any atom is 1.00 e. The topological polar surface area (TPSA) is 27.1 Å². The predicted molar refractivity (Wildman–Crippen MR) is 72.4 cm³/mol. The van der Waals surface area contributed by atoms with Gasteiger partial charge in [-0.15, -0.1) is 5.46 Å². The number of benzene rings is 1. The van der Waals surface area contributed by atoms with Crippen molar-refractivity contribution < 1.29 is 69.1 Å². The van der Waals surface area contributed by atoms with Gasteiger partial charge in [-0.1, -0.05) is 12.1 Å². The van der Waals surface area contributed by atoms with Crippen molar-refractivity contribution >= 4 is 12.4 Å². The molecular weight excluding hydrogens is 307 g/mol. The second kappa shape index (κ2) is 7.82. The molecule has 2 rings (SSSR count). The van der Waals surface area contributed by atoms with Gasteiger partial charge in [0.25, 0.3) is 0 Å². The van der Waals surface area contributed by atoms with Crippen molar-refractivity contribution in [3.63, 3.8) is 0 Å². The van der Waals surface area contributed by atoms with Crippen LogP contribution in [0.1, 0.15) is 11.4 Å². The van der Waals surface area contributed by atoms with Gasteiger partial charge in [-0.05, 0) is 25.5 Å². The molecule has 21 heavy (non-hydrogen) atoms. The molecule has 8 heteroatoms. The molecule has 0 atom stereocenters. The maximum atomic E-state index is 12.6. The number of hydrogen-bond donors (Lipinski definition) is 0. The van der Waals surface area contributed by atoms with Gasteiger partial charge in [-0.3, -0.25) is 0 Å². The molecule has 0 spiro atoms. The third-order valence-corrected chi connectivity index (χ3v) is 3.09. The Morgan fingerprint density at radius 1 is 1.24 bits per heavy atom. The number of hydrogen-bond acceptors (Lipinski definition) is 2. The van der Waals surface area contributed by atoms with Crippen LogP contribution < -0.4 is 61.6 Å². The Bertz CT molecular complexity index is 601. The van der Waals surface area contributed by atoms with Gasteiger partial charge in [0.05, 0.1) is 6.54 Å². The summed E-state index contributed by atoms with van der Waals surface area (Å²) in [7, 11) is 0. The minimum atomic E-state index is -4.96. The van der Waals surface area contributed by atoms with Crippen LogP contribution in [0.25, 0.3) is 0 Å². The molecule has 0 saturated heterocycles. The molecule has 108 valence electrons. The van der Waals surface area contributed by atoms with Crippen LogP contribution in [0.4, 0.5) is 12.9 Å². The van der Waals surface area contributed by atoms with Crippen LogP contribution in [-0.2, 0) is 6.54 Å². The number of aromatic nitrogens is 2. The van der Waals surface area contributed by atoms with E-state index in [2.05, 4.69) is 4.98 Å². The first-order chi connectivity index (χ1) is 9.38. The molecule has 0 aliphatic carbocycles. The zero-order valence-corrected chi connectivity index (χ0v) is 15.4. The quantitative estimate of drug-likeness (QED) is 0.703. The molecule has 0 N–H and O–H groups in total. The SMILES string of the molecule is Cc1cc([B-](F)(F)F)ccc1OCCn1ccnc1C.[K+]. The molecule has 1 heterocycles. The summed E-state index contributed by atoms with van der Waals surface area (Å²) in [5.74, 6) is 1.35. The average molecular weight is 322 g/mol. The zero-order valence-electron chi connectivity index (χ0n) is 12.3. The van der Waals surface area contributed by atoms with Crippen LogP contribution in [-0.4, -0.2) is 23.1 Å². The monoisotopic (exact) mass is 322 g/mol. The Hall–Kier alpha value is -0.279. The Kier molecular flexibility index (Phi) is 6.99. The number of halogens is 3. The minimum absolute atomic E-state index is 0. The van der Waals surface area contributed by atoms with Crippen LogP contribution in [0.2, 0.25) is 0 Å². The van der Waals surface area contributed by atoms with E-state index in [1.165, 1.54) is 6.07 Å². The van der Waals surface area contributed by atoms with Gasteiger partial charge in [-0.2, -0.15) is 0 Å². The fourth-order valence-corrected chi connectivity index (χ4v) is 1.93. The summed E-state index contributed by atoms with van der Waals surface area (Å²) >= 11 is 0. The van der Waals surface area contributed by atoms with Gasteiger partial charge >= 0.3 is 58.4 Å². The van der Waals surface area contributed by atoms with E-state index in [9.17, 15) is 12.9 Å². The van der Waals surface area contributed by atoms with Crippen LogP contribution in [0, 0.1) is 13.8 Å². The fourth-order valence-electron chi connectivity index (χ4n) is 1.93. The van der Waals surface area contributed by atoms with E-state index in [0.717, 1.165) is 18.0 Å². The number of aryl methyl sites for hydroxylation is 2. The van der Waals surface area contributed by atoms with Gasteiger partial charge in [0.1, 0.15) is 18.2 Å². The summed E-state index contributed by atoms with van der Waals surface area (Å²) in [6.45, 7) is -0.474. The van der Waals surface area contributed by atoms with Gasteiger partial charge < -0.3 is 22.3 Å². The van der Waals surface area contributed by atoms with E-state index in [-0.39, 0.29) is 51.4 Å². The van der Waals surface area contributed by atoms with Gasteiger partial charge in [0.2, 0.25) is 0 Å². The Morgan fingerprint density at radius 3 is 2.48 bits per heavy atom. The molecule has 3 nitrogen and oxygen atoms in total. The Morgan fingerprint density at radius 2 is 1.95 bits per heavy atom. The third-order valence-electron chi connectivity index (χ3n) is 3.09. The molecule has 0 aliphatic rings. The van der Waals surface area contributed by atoms with Crippen molar-refractivity contribution in [3.05, 3.63) is 42.0 Å². The molecule has 0 aliphatic heterocycles. The van der Waals surface area contributed by atoms with Crippen LogP contribution in [0.3, 0.4) is 0 Å². The van der Waals surface area contributed by atoms with Gasteiger partial charge in [0, 0.05) is 12.4 Å². The van der Waals surface area contributed by atoms with E-state index in [4.69, 9.17) is 4.74 Å². The smallest absolute Gasteiger partial charge is 0.491 e. The first-order valence-electron chi connectivity index (χ1n) is 6.29. The second-order valence-corrected chi connectivity index (χ2v) is 4.62. The van der Waals surface area contributed by atoms with E-state index in [1.54, 1.807) is 13.1 Å². The summed E-state index contributed by atoms with van der Waals surface area (Å²) in [6, 6.07) is 3.56. The van der Waals surface area contributed by atoms with Crippen molar-refractivity contribution in [2.45, 2.75) is 20.4 Å². The van der Waals surface area contributed by atoms with Crippen molar-refractivity contribution in [1.82, 2.24) is 9.55 Å². The van der Waals surface area contributed by atoms with E-state index < -0.39 is 12.4 Å². The largest absolute Gasteiger partial charge is 1.00 e. The standard InChI is InChI=1S/C13H15BF3N2O.K/c1-10-9-12(14(15,16)17)3-4-13(10)20-8-7-19-6-5-18-11(19)2;/h3-6,9H,7-8H2,1-2H3;/q-1;+1. The van der Waals surface area contributed by atoms with E-state index in [0.29, 0.717) is 24.5 Å². The normalized spacial score (nSPS) is 11.1. The number of ether oxygens (including phenoxy) is 1. The number of imidazole rings is 1. The molecule has 1 aromatic heterocycles. The molecule has 0 bridgehead atoms. The molecular formula is C13H15BF3KN2O. The van der Waals surface area contributed by atoms with Gasteiger partial charge in [0.15, 0.2) is 0 Å². The van der Waals surface area contributed by atoms with Gasteiger partial charge in [-0.25, -0.2) is 4.98 Å². The average Bonchev–Trinajstić information content (AvgIpc) is 2.76. The first kappa shape index (κ1) is 18.8. The summed E-state index contributed by atoms with van der Waals surface area (Å²) in [5.41, 5.74) is -0.107. The van der Waals surface area contributed by atoms with E-state index in [1.807, 2.05) is 17.7 Å². The summed E-state index contributed by atoms with van der Waals surface area (Å²) in [5, 5.41) is 0. The summed E-state index contributed by atoms with van der Waals surface area (Å²) < 4.78 is 45.2. The van der Waals surface area contributed by atoms with Crippen molar-refractivity contribution in [1.29, 1.82) is 0 Å². The molecule has 0 fully saturated rings. The molecule has 1 aromatic carbocycles. The predicted octanol–water partition coefficient (Wildman–Crippen LogP) is -0.363. The van der Waals surface area contributed by atoms with Crippen molar-refractivity contribution in [2.75, 3.05) is 6.61 Å². The molecule has 0 amide bonds. The second-order valence-electron chi connectivity index (χ2n) is 4.62. The van der Waals surface area contributed by atoms with Crippen molar-refractivity contribution in [2.24, 2.45) is 0 Å². The molecule has 2 aromatic rings. The Labute approximate surface area is 164 Å². The summed E-state index contributed by atoms with van der Waals surface area (Å²) in [4.78, 5) is 4.08. The van der Waals surface area contributed by atoms with Crippen LogP contribution in [0.5, 0.6) is 5.75 Å². The first-order valence-corrected chi connectivity index (χ1v) is 6.29. The molecule has 0 radical (unpaired) electrons. The van der Waals surface area contributed by atoms with Crippen LogP contribution in [0.15, 0.2) is 30.6 Å². The zero-order chi connectivity index (χ0) is 14.8. The number of rotatable bonds is 5. The minimum Gasteiger partial charge on any atom is -0.491 e. The molecule has 0 unspecified atom stereocenters. The molecule has 0 saturated carbocycles.